The summed E-state index contributed by atoms with van der Waals surface area (Å²) in [6.07, 6.45) is 3.82. The van der Waals surface area contributed by atoms with E-state index in [1.807, 2.05) is 60.4 Å². The summed E-state index contributed by atoms with van der Waals surface area (Å²) in [5.74, 6) is 0.0954. The zero-order valence-corrected chi connectivity index (χ0v) is 17.0. The molecule has 0 saturated carbocycles. The average molecular weight is 392 g/mol. The minimum atomic E-state index is -0.228. The number of para-hydroxylation sites is 2. The molecule has 0 aromatic heterocycles. The van der Waals surface area contributed by atoms with Crippen molar-refractivity contribution in [2.24, 2.45) is 5.92 Å². The fourth-order valence-electron chi connectivity index (χ4n) is 4.48. The lowest BCUT2D eigenvalue weighted by Gasteiger charge is -2.39. The van der Waals surface area contributed by atoms with Crippen molar-refractivity contribution in [1.29, 1.82) is 0 Å². The first-order valence-electron chi connectivity index (χ1n) is 10.6. The molecule has 1 N–H and O–H groups in total. The average Bonchev–Trinajstić information content (AvgIpc) is 2.78. The van der Waals surface area contributed by atoms with Crippen molar-refractivity contribution in [2.45, 2.75) is 38.6 Å². The molecule has 152 valence electrons. The molecule has 5 heteroatoms. The number of piperidine rings is 1. The van der Waals surface area contributed by atoms with E-state index < -0.39 is 0 Å². The normalized spacial score (nSPS) is 20.6. The van der Waals surface area contributed by atoms with Crippen LogP contribution in [0, 0.1) is 5.92 Å². The Hall–Kier alpha value is -2.66. The molecule has 0 bridgehead atoms. The molecule has 4 rings (SSSR count). The van der Waals surface area contributed by atoms with Gasteiger partial charge in [-0.25, -0.2) is 0 Å². The van der Waals surface area contributed by atoms with E-state index in [9.17, 15) is 9.59 Å². The number of fused-ring (bicyclic) bond motifs is 1. The number of rotatable bonds is 4. The molecule has 1 fully saturated rings. The smallest absolute Gasteiger partial charge is 0.244 e. The second-order valence-corrected chi connectivity index (χ2v) is 8.09. The molecule has 0 spiro atoms. The summed E-state index contributed by atoms with van der Waals surface area (Å²) in [5, 5.41) is 3.02. The van der Waals surface area contributed by atoms with Crippen molar-refractivity contribution >= 4 is 23.2 Å². The van der Waals surface area contributed by atoms with E-state index in [-0.39, 0.29) is 23.8 Å². The number of nitrogens with zero attached hydrogens (tertiary/aromatic N) is 2. The second-order valence-electron chi connectivity index (χ2n) is 8.09. The maximum atomic E-state index is 13.3. The number of anilines is 2. The van der Waals surface area contributed by atoms with Gasteiger partial charge in [-0.15, -0.1) is 0 Å². The van der Waals surface area contributed by atoms with Gasteiger partial charge < -0.3 is 10.2 Å². The van der Waals surface area contributed by atoms with Crippen molar-refractivity contribution in [3.8, 4) is 0 Å². The van der Waals surface area contributed by atoms with Gasteiger partial charge in [-0.1, -0.05) is 36.4 Å². The van der Waals surface area contributed by atoms with Crippen LogP contribution < -0.4 is 10.2 Å². The first kappa shape index (κ1) is 19.6. The molecule has 2 aromatic rings. The molecule has 29 heavy (non-hydrogen) atoms. The third-order valence-corrected chi connectivity index (χ3v) is 6.15. The number of likely N-dealkylation sites (tertiary alicyclic amines) is 1. The standard InChI is InChI=1S/C24H29N3O2/c1-18(24(29)27-16-8-10-19-9-5-6-14-22(19)27)26-15-7-11-20(17-26)23(28)25-21-12-3-2-4-13-21/h2-6,9,12-14,18,20H,7-8,10-11,15-17H2,1H3,(H,25,28)/t18-,20+/m0/s1. The maximum absolute atomic E-state index is 13.3. The molecular weight excluding hydrogens is 362 g/mol. The van der Waals surface area contributed by atoms with E-state index in [1.165, 1.54) is 5.56 Å². The Kier molecular flexibility index (Phi) is 5.95. The van der Waals surface area contributed by atoms with E-state index in [2.05, 4.69) is 16.3 Å². The summed E-state index contributed by atoms with van der Waals surface area (Å²) in [5.41, 5.74) is 3.12. The fraction of sp³-hybridized carbons (Fsp3) is 0.417. The SMILES string of the molecule is C[C@@H](C(=O)N1CCCc2ccccc21)N1CCC[C@@H](C(=O)Nc2ccccc2)C1. The number of aryl methyl sites for hydroxylation is 1. The predicted molar refractivity (Wildman–Crippen MR) is 116 cm³/mol. The molecule has 2 aliphatic rings. The van der Waals surface area contributed by atoms with Crippen LogP contribution in [0.15, 0.2) is 54.6 Å². The maximum Gasteiger partial charge on any atom is 0.244 e. The number of nitrogens with one attached hydrogen (secondary N) is 1. The van der Waals surface area contributed by atoms with Crippen LogP contribution in [0.3, 0.4) is 0 Å². The van der Waals surface area contributed by atoms with E-state index >= 15 is 0 Å². The van der Waals surface area contributed by atoms with E-state index in [4.69, 9.17) is 0 Å². The molecule has 0 unspecified atom stereocenters. The number of amides is 2. The van der Waals surface area contributed by atoms with Crippen molar-refractivity contribution in [3.63, 3.8) is 0 Å². The molecule has 0 radical (unpaired) electrons. The Morgan fingerprint density at radius 1 is 1.00 bits per heavy atom. The Morgan fingerprint density at radius 3 is 2.59 bits per heavy atom. The van der Waals surface area contributed by atoms with Crippen LogP contribution in [0.1, 0.15) is 31.7 Å². The number of hydrogen-bond acceptors (Lipinski definition) is 3. The Balaban J connectivity index is 1.42. The lowest BCUT2D eigenvalue weighted by molar-refractivity contribution is -0.127. The van der Waals surface area contributed by atoms with Crippen LogP contribution in [0.5, 0.6) is 0 Å². The minimum Gasteiger partial charge on any atom is -0.326 e. The van der Waals surface area contributed by atoms with Crippen LogP contribution >= 0.6 is 0 Å². The van der Waals surface area contributed by atoms with Crippen molar-refractivity contribution in [1.82, 2.24) is 4.90 Å². The lowest BCUT2D eigenvalue weighted by Crippen LogP contribution is -2.52. The van der Waals surface area contributed by atoms with Gasteiger partial charge in [0.1, 0.15) is 0 Å². The quantitative estimate of drug-likeness (QED) is 0.865. The highest BCUT2D eigenvalue weighted by molar-refractivity contribution is 5.98. The minimum absolute atomic E-state index is 0.0452. The number of hydrogen-bond donors (Lipinski definition) is 1. The highest BCUT2D eigenvalue weighted by Gasteiger charge is 2.34. The number of benzene rings is 2. The van der Waals surface area contributed by atoms with Gasteiger partial charge >= 0.3 is 0 Å². The summed E-state index contributed by atoms with van der Waals surface area (Å²) < 4.78 is 0. The zero-order chi connectivity index (χ0) is 20.2. The van der Waals surface area contributed by atoms with Gasteiger partial charge in [-0.3, -0.25) is 14.5 Å². The van der Waals surface area contributed by atoms with Crippen molar-refractivity contribution in [3.05, 3.63) is 60.2 Å². The lowest BCUT2D eigenvalue weighted by atomic mass is 9.95. The molecule has 2 aromatic carbocycles. The monoisotopic (exact) mass is 391 g/mol. The van der Waals surface area contributed by atoms with Gasteiger partial charge in [0.05, 0.1) is 12.0 Å². The van der Waals surface area contributed by atoms with Gasteiger partial charge in [-0.2, -0.15) is 0 Å². The summed E-state index contributed by atoms with van der Waals surface area (Å²) >= 11 is 0. The van der Waals surface area contributed by atoms with Gasteiger partial charge in [0, 0.05) is 24.5 Å². The molecule has 2 amide bonds. The fourth-order valence-corrected chi connectivity index (χ4v) is 4.48. The molecule has 0 aliphatic carbocycles. The second kappa shape index (κ2) is 8.78. The van der Waals surface area contributed by atoms with E-state index in [1.54, 1.807) is 0 Å². The first-order valence-corrected chi connectivity index (χ1v) is 10.6. The highest BCUT2D eigenvalue weighted by Crippen LogP contribution is 2.29. The Bertz CT molecular complexity index is 867. The van der Waals surface area contributed by atoms with Crippen molar-refractivity contribution in [2.75, 3.05) is 29.9 Å². The van der Waals surface area contributed by atoms with Crippen LogP contribution in [0.2, 0.25) is 0 Å². The number of carbonyl (C=O) groups is 2. The van der Waals surface area contributed by atoms with Gasteiger partial charge in [-0.05, 0) is 62.9 Å². The summed E-state index contributed by atoms with van der Waals surface area (Å²) in [6, 6.07) is 17.5. The topological polar surface area (TPSA) is 52.7 Å². The summed E-state index contributed by atoms with van der Waals surface area (Å²) in [6.45, 7) is 4.24. The van der Waals surface area contributed by atoms with Gasteiger partial charge in [0.15, 0.2) is 0 Å². The first-order chi connectivity index (χ1) is 14.1. The predicted octanol–water partition coefficient (Wildman–Crippen LogP) is 3.71. The van der Waals surface area contributed by atoms with Gasteiger partial charge in [0.25, 0.3) is 0 Å². The molecular formula is C24H29N3O2. The largest absolute Gasteiger partial charge is 0.326 e. The van der Waals surface area contributed by atoms with Crippen LogP contribution in [0.25, 0.3) is 0 Å². The summed E-state index contributed by atoms with van der Waals surface area (Å²) in [7, 11) is 0. The molecule has 2 aliphatic heterocycles. The Morgan fingerprint density at radius 2 is 1.76 bits per heavy atom. The van der Waals surface area contributed by atoms with Crippen LogP contribution in [0.4, 0.5) is 11.4 Å². The molecule has 2 heterocycles. The van der Waals surface area contributed by atoms with E-state index in [0.717, 1.165) is 50.1 Å². The van der Waals surface area contributed by atoms with Crippen LogP contribution in [-0.4, -0.2) is 42.4 Å². The molecule has 5 nitrogen and oxygen atoms in total. The van der Waals surface area contributed by atoms with Crippen molar-refractivity contribution < 1.29 is 9.59 Å². The molecule has 1 saturated heterocycles. The van der Waals surface area contributed by atoms with Gasteiger partial charge in [0.2, 0.25) is 11.8 Å². The molecule has 2 atom stereocenters. The zero-order valence-electron chi connectivity index (χ0n) is 17.0. The third kappa shape index (κ3) is 4.35. The highest BCUT2D eigenvalue weighted by atomic mass is 16.2. The van der Waals surface area contributed by atoms with Crippen LogP contribution in [-0.2, 0) is 16.0 Å². The Labute approximate surface area is 172 Å². The summed E-state index contributed by atoms with van der Waals surface area (Å²) in [4.78, 5) is 30.2. The number of carbonyl (C=O) groups excluding carboxylic acids is 2. The van der Waals surface area contributed by atoms with E-state index in [0.29, 0.717) is 6.54 Å². The third-order valence-electron chi connectivity index (χ3n) is 6.15.